The topological polar surface area (TPSA) is 12.0 Å². The smallest absolute Gasteiger partial charge is 0.0178 e. The zero-order chi connectivity index (χ0) is 14.4. The van der Waals surface area contributed by atoms with E-state index in [1.165, 1.54) is 11.1 Å². The molecule has 0 aliphatic carbocycles. The highest BCUT2D eigenvalue weighted by Crippen LogP contribution is 2.23. The Labute approximate surface area is 130 Å². The van der Waals surface area contributed by atoms with Crippen molar-refractivity contribution in [2.75, 3.05) is 6.54 Å². The molecular formula is C18H22BrN. The van der Waals surface area contributed by atoms with E-state index in [0.717, 1.165) is 17.4 Å². The van der Waals surface area contributed by atoms with E-state index in [2.05, 4.69) is 89.7 Å². The lowest BCUT2D eigenvalue weighted by Crippen LogP contribution is -2.29. The Balaban J connectivity index is 2.16. The molecule has 1 nitrogen and oxygen atoms in total. The molecule has 0 amide bonds. The van der Waals surface area contributed by atoms with Crippen LogP contribution in [-0.2, 0) is 6.42 Å². The molecule has 106 valence electrons. The Morgan fingerprint density at radius 1 is 1.00 bits per heavy atom. The average Bonchev–Trinajstić information content (AvgIpc) is 2.44. The summed E-state index contributed by atoms with van der Waals surface area (Å²) in [6.07, 6.45) is 1.07. The van der Waals surface area contributed by atoms with Gasteiger partial charge in [-0.05, 0) is 29.7 Å². The Kier molecular flexibility index (Phi) is 5.81. The van der Waals surface area contributed by atoms with Crippen molar-refractivity contribution in [2.45, 2.75) is 32.2 Å². The first-order valence-electron chi connectivity index (χ1n) is 7.18. The van der Waals surface area contributed by atoms with Gasteiger partial charge in [0.05, 0.1) is 0 Å². The van der Waals surface area contributed by atoms with Gasteiger partial charge in [0.15, 0.2) is 0 Å². The van der Waals surface area contributed by atoms with Crippen molar-refractivity contribution in [3.05, 3.63) is 70.2 Å². The summed E-state index contributed by atoms with van der Waals surface area (Å²) in [4.78, 5) is 0. The predicted molar refractivity (Wildman–Crippen MR) is 90.2 cm³/mol. The summed E-state index contributed by atoms with van der Waals surface area (Å²) < 4.78 is 1.15. The van der Waals surface area contributed by atoms with Gasteiger partial charge < -0.3 is 5.32 Å². The highest BCUT2D eigenvalue weighted by Gasteiger charge is 2.13. The molecule has 0 saturated heterocycles. The molecule has 0 aliphatic rings. The summed E-state index contributed by atoms with van der Waals surface area (Å²) in [6, 6.07) is 19.9. The third kappa shape index (κ3) is 4.77. The molecule has 0 heterocycles. The summed E-state index contributed by atoms with van der Waals surface area (Å²) >= 11 is 3.58. The van der Waals surface area contributed by atoms with E-state index < -0.39 is 0 Å². The second-order valence-corrected chi connectivity index (χ2v) is 6.42. The molecule has 1 unspecified atom stereocenters. The van der Waals surface area contributed by atoms with Crippen LogP contribution in [0.15, 0.2) is 59.1 Å². The van der Waals surface area contributed by atoms with E-state index in [4.69, 9.17) is 0 Å². The fourth-order valence-electron chi connectivity index (χ4n) is 2.34. The molecule has 0 fully saturated rings. The minimum atomic E-state index is 0.497. The minimum Gasteiger partial charge on any atom is -0.314 e. The van der Waals surface area contributed by atoms with Crippen LogP contribution in [0.1, 0.15) is 30.9 Å². The highest BCUT2D eigenvalue weighted by molar-refractivity contribution is 9.10. The predicted octanol–water partition coefficient (Wildman–Crippen LogP) is 4.77. The molecule has 20 heavy (non-hydrogen) atoms. The minimum absolute atomic E-state index is 0.497. The summed E-state index contributed by atoms with van der Waals surface area (Å²) in [5, 5.41) is 3.57. The quantitative estimate of drug-likeness (QED) is 0.803. The molecule has 0 bridgehead atoms. The molecule has 0 aromatic heterocycles. The van der Waals surface area contributed by atoms with Crippen LogP contribution in [0.25, 0.3) is 0 Å². The van der Waals surface area contributed by atoms with Gasteiger partial charge in [0, 0.05) is 23.0 Å². The number of hydrogen-bond donors (Lipinski definition) is 1. The van der Waals surface area contributed by atoms with E-state index in [1.807, 2.05) is 0 Å². The van der Waals surface area contributed by atoms with Crippen molar-refractivity contribution in [3.8, 4) is 0 Å². The lowest BCUT2D eigenvalue weighted by Gasteiger charge is -2.20. The monoisotopic (exact) mass is 331 g/mol. The first kappa shape index (κ1) is 15.3. The van der Waals surface area contributed by atoms with Gasteiger partial charge in [0.25, 0.3) is 0 Å². The van der Waals surface area contributed by atoms with Crippen molar-refractivity contribution in [2.24, 2.45) is 0 Å². The number of halogens is 1. The van der Waals surface area contributed by atoms with Gasteiger partial charge in [0.1, 0.15) is 0 Å². The summed E-state index contributed by atoms with van der Waals surface area (Å²) in [7, 11) is 0. The number of benzene rings is 2. The number of nitrogens with one attached hydrogen (secondary N) is 1. The third-order valence-corrected chi connectivity index (χ3v) is 3.91. The molecule has 2 aromatic carbocycles. The van der Waals surface area contributed by atoms with Crippen molar-refractivity contribution in [1.82, 2.24) is 5.32 Å². The largest absolute Gasteiger partial charge is 0.314 e. The second-order valence-electron chi connectivity index (χ2n) is 5.50. The molecule has 0 aliphatic heterocycles. The van der Waals surface area contributed by atoms with Gasteiger partial charge in [-0.2, -0.15) is 0 Å². The molecule has 0 saturated carbocycles. The average molecular weight is 332 g/mol. The van der Waals surface area contributed by atoms with Crippen molar-refractivity contribution < 1.29 is 0 Å². The maximum Gasteiger partial charge on any atom is 0.0178 e. The number of rotatable bonds is 6. The van der Waals surface area contributed by atoms with Crippen LogP contribution in [0.5, 0.6) is 0 Å². The molecule has 2 heteroatoms. The third-order valence-electron chi connectivity index (χ3n) is 3.42. The molecule has 0 spiro atoms. The van der Waals surface area contributed by atoms with Crippen LogP contribution in [0.3, 0.4) is 0 Å². The first-order chi connectivity index (χ1) is 9.65. The van der Waals surface area contributed by atoms with Crippen LogP contribution in [0.2, 0.25) is 0 Å². The maximum absolute atomic E-state index is 3.58. The van der Waals surface area contributed by atoms with E-state index >= 15 is 0 Å². The standard InChI is InChI=1S/C18H22BrN/c1-14(2)20-13-17(11-15-7-4-3-5-8-15)16-9-6-10-18(19)12-16/h3-10,12,14,17,20H,11,13H2,1-2H3. The van der Waals surface area contributed by atoms with Crippen LogP contribution in [-0.4, -0.2) is 12.6 Å². The zero-order valence-electron chi connectivity index (χ0n) is 12.1. The summed E-state index contributed by atoms with van der Waals surface area (Å²) in [5.74, 6) is 0.497. The molecule has 2 rings (SSSR count). The van der Waals surface area contributed by atoms with Gasteiger partial charge in [-0.15, -0.1) is 0 Å². The first-order valence-corrected chi connectivity index (χ1v) is 7.97. The zero-order valence-corrected chi connectivity index (χ0v) is 13.7. The van der Waals surface area contributed by atoms with Crippen LogP contribution in [0, 0.1) is 0 Å². The fourth-order valence-corrected chi connectivity index (χ4v) is 2.76. The van der Waals surface area contributed by atoms with Crippen molar-refractivity contribution >= 4 is 15.9 Å². The molecule has 1 atom stereocenters. The normalized spacial score (nSPS) is 12.6. The lowest BCUT2D eigenvalue weighted by molar-refractivity contribution is 0.526. The van der Waals surface area contributed by atoms with E-state index in [1.54, 1.807) is 0 Å². The van der Waals surface area contributed by atoms with Crippen molar-refractivity contribution in [1.29, 1.82) is 0 Å². The highest BCUT2D eigenvalue weighted by atomic mass is 79.9. The van der Waals surface area contributed by atoms with Gasteiger partial charge >= 0.3 is 0 Å². The summed E-state index contributed by atoms with van der Waals surface area (Å²) in [6.45, 7) is 5.39. The molecule has 0 radical (unpaired) electrons. The van der Waals surface area contributed by atoms with E-state index in [9.17, 15) is 0 Å². The van der Waals surface area contributed by atoms with Crippen LogP contribution >= 0.6 is 15.9 Å². The lowest BCUT2D eigenvalue weighted by atomic mass is 9.92. The Hall–Kier alpha value is -1.12. The van der Waals surface area contributed by atoms with Gasteiger partial charge in [0.2, 0.25) is 0 Å². The van der Waals surface area contributed by atoms with E-state index in [0.29, 0.717) is 12.0 Å². The SMILES string of the molecule is CC(C)NCC(Cc1ccccc1)c1cccc(Br)c1. The molecule has 2 aromatic rings. The Morgan fingerprint density at radius 2 is 1.75 bits per heavy atom. The maximum atomic E-state index is 3.58. The molecular weight excluding hydrogens is 310 g/mol. The molecule has 1 N–H and O–H groups in total. The van der Waals surface area contributed by atoms with Gasteiger partial charge in [-0.25, -0.2) is 0 Å². The van der Waals surface area contributed by atoms with Gasteiger partial charge in [-0.3, -0.25) is 0 Å². The van der Waals surface area contributed by atoms with Crippen molar-refractivity contribution in [3.63, 3.8) is 0 Å². The van der Waals surface area contributed by atoms with Crippen LogP contribution in [0.4, 0.5) is 0 Å². The Bertz CT molecular complexity index is 522. The Morgan fingerprint density at radius 3 is 2.40 bits per heavy atom. The van der Waals surface area contributed by atoms with E-state index in [-0.39, 0.29) is 0 Å². The summed E-state index contributed by atoms with van der Waals surface area (Å²) in [5.41, 5.74) is 2.78. The van der Waals surface area contributed by atoms with Gasteiger partial charge in [-0.1, -0.05) is 72.2 Å². The van der Waals surface area contributed by atoms with Crippen LogP contribution < -0.4 is 5.32 Å². The number of hydrogen-bond acceptors (Lipinski definition) is 1. The fraction of sp³-hybridized carbons (Fsp3) is 0.333. The second kappa shape index (κ2) is 7.61.